The number of methoxy groups -OCH3 is 1. The van der Waals surface area contributed by atoms with E-state index in [4.69, 9.17) is 9.47 Å². The Morgan fingerprint density at radius 3 is 2.61 bits per heavy atom. The second kappa shape index (κ2) is 12.4. The van der Waals surface area contributed by atoms with Gasteiger partial charge in [-0.3, -0.25) is 0 Å². The van der Waals surface area contributed by atoms with Crippen LogP contribution in [0.1, 0.15) is 45.1 Å². The first kappa shape index (κ1) is 24.0. The number of rotatable bonds is 12. The summed E-state index contributed by atoms with van der Waals surface area (Å²) in [5.41, 5.74) is 1.33. The van der Waals surface area contributed by atoms with Crippen molar-refractivity contribution in [3.8, 4) is 5.75 Å². The van der Waals surface area contributed by atoms with Crippen LogP contribution in [-0.2, 0) is 11.2 Å². The van der Waals surface area contributed by atoms with Crippen molar-refractivity contribution in [1.29, 1.82) is 0 Å². The van der Waals surface area contributed by atoms with Crippen LogP contribution in [0.5, 0.6) is 5.75 Å². The van der Waals surface area contributed by atoms with Gasteiger partial charge in [-0.25, -0.2) is 0 Å². The highest BCUT2D eigenvalue weighted by atomic mass is 16.5. The lowest BCUT2D eigenvalue weighted by molar-refractivity contribution is 0.116. The Kier molecular flexibility index (Phi) is 9.63. The lowest BCUT2D eigenvalue weighted by atomic mass is 9.84. The molecular weight excluding hydrogens is 386 g/mol. The van der Waals surface area contributed by atoms with E-state index in [0.29, 0.717) is 25.0 Å². The van der Waals surface area contributed by atoms with Gasteiger partial charge in [0.05, 0.1) is 12.7 Å². The van der Waals surface area contributed by atoms with E-state index in [0.717, 1.165) is 43.6 Å². The van der Waals surface area contributed by atoms with Crippen LogP contribution in [0, 0.1) is 18.3 Å². The van der Waals surface area contributed by atoms with Gasteiger partial charge < -0.3 is 19.5 Å². The molecule has 1 aliphatic heterocycles. The van der Waals surface area contributed by atoms with E-state index in [1.165, 1.54) is 30.2 Å². The number of hydrogen-bond donors (Lipinski definition) is 1. The molecule has 1 N–H and O–H groups in total. The maximum atomic E-state index is 10.6. The molecule has 3 rings (SSSR count). The largest absolute Gasteiger partial charge is 0.491 e. The monoisotopic (exact) mass is 426 g/mol. The summed E-state index contributed by atoms with van der Waals surface area (Å²) < 4.78 is 11.1. The van der Waals surface area contributed by atoms with Gasteiger partial charge in [-0.15, -0.1) is 0 Å². The van der Waals surface area contributed by atoms with Crippen molar-refractivity contribution in [2.24, 2.45) is 11.8 Å². The molecule has 1 aliphatic rings. The topological polar surface area (TPSA) is 41.9 Å². The molecule has 0 aliphatic carbocycles. The van der Waals surface area contributed by atoms with E-state index in [9.17, 15) is 5.11 Å². The Morgan fingerprint density at radius 2 is 1.87 bits per heavy atom. The molecule has 0 spiro atoms. The number of aliphatic hydroxyl groups excluding tert-OH is 1. The SMILES string of the molecule is COCCOc1cccc2ccc(CC(C[CH]C(O)CN3CCCCC3)C(C)C)cc12. The number of likely N-dealkylation sites (tertiary alicyclic amines) is 1. The zero-order valence-corrected chi connectivity index (χ0v) is 19.6. The number of ether oxygens (including phenoxy) is 2. The lowest BCUT2D eigenvalue weighted by Crippen LogP contribution is -2.36. The number of nitrogens with zero attached hydrogens (tertiary/aromatic N) is 1. The number of aliphatic hydroxyl groups is 1. The molecule has 0 bridgehead atoms. The maximum absolute atomic E-state index is 10.6. The fraction of sp³-hybridized carbons (Fsp3) is 0.593. The Hall–Kier alpha value is -1.62. The second-order valence-electron chi connectivity index (χ2n) is 9.26. The highest BCUT2D eigenvalue weighted by Gasteiger charge is 2.19. The zero-order chi connectivity index (χ0) is 22.1. The van der Waals surface area contributed by atoms with Crippen molar-refractivity contribution in [1.82, 2.24) is 4.90 Å². The molecule has 2 aromatic carbocycles. The van der Waals surface area contributed by atoms with Gasteiger partial charge in [-0.05, 0) is 80.1 Å². The van der Waals surface area contributed by atoms with Crippen molar-refractivity contribution in [2.45, 2.75) is 52.1 Å². The van der Waals surface area contributed by atoms with Gasteiger partial charge in [0.2, 0.25) is 0 Å². The van der Waals surface area contributed by atoms with Crippen molar-refractivity contribution < 1.29 is 14.6 Å². The molecular formula is C27H40NO3. The summed E-state index contributed by atoms with van der Waals surface area (Å²) in [7, 11) is 1.69. The van der Waals surface area contributed by atoms with Crippen LogP contribution in [0.15, 0.2) is 36.4 Å². The van der Waals surface area contributed by atoms with Crippen LogP contribution in [0.4, 0.5) is 0 Å². The third-order valence-corrected chi connectivity index (χ3v) is 6.50. The highest BCUT2D eigenvalue weighted by molar-refractivity contribution is 5.88. The molecule has 1 radical (unpaired) electrons. The quantitative estimate of drug-likeness (QED) is 0.478. The van der Waals surface area contributed by atoms with Gasteiger partial charge >= 0.3 is 0 Å². The van der Waals surface area contributed by atoms with Gasteiger partial charge in [-0.1, -0.05) is 44.5 Å². The van der Waals surface area contributed by atoms with Crippen molar-refractivity contribution >= 4 is 10.8 Å². The molecule has 2 atom stereocenters. The summed E-state index contributed by atoms with van der Waals surface area (Å²) in [5, 5.41) is 12.9. The predicted molar refractivity (Wildman–Crippen MR) is 129 cm³/mol. The van der Waals surface area contributed by atoms with E-state index < -0.39 is 0 Å². The van der Waals surface area contributed by atoms with Crippen molar-refractivity contribution in [2.75, 3.05) is 40.0 Å². The molecule has 171 valence electrons. The summed E-state index contributed by atoms with van der Waals surface area (Å²) in [6.07, 6.45) is 7.61. The summed E-state index contributed by atoms with van der Waals surface area (Å²) >= 11 is 0. The second-order valence-corrected chi connectivity index (χ2v) is 9.26. The van der Waals surface area contributed by atoms with E-state index in [1.807, 2.05) is 12.1 Å². The Balaban J connectivity index is 1.61. The predicted octanol–water partition coefficient (Wildman–Crippen LogP) is 5.12. The fourth-order valence-corrected chi connectivity index (χ4v) is 4.49. The van der Waals surface area contributed by atoms with Crippen LogP contribution in [0.2, 0.25) is 0 Å². The minimum absolute atomic E-state index is 0.336. The smallest absolute Gasteiger partial charge is 0.127 e. The molecule has 2 unspecified atom stereocenters. The van der Waals surface area contributed by atoms with Gasteiger partial charge in [0.25, 0.3) is 0 Å². The Labute approximate surface area is 188 Å². The van der Waals surface area contributed by atoms with E-state index in [2.05, 4.69) is 49.4 Å². The standard InChI is InChI=1S/C27H40NO3/c1-21(2)24(12-13-25(29)20-28-14-5-4-6-15-28)18-22-10-11-23-8-7-9-27(26(23)19-22)31-17-16-30-3/h7-11,13,19,21,24-25,29H,4-6,12,14-18,20H2,1-3H3. The molecule has 1 saturated heterocycles. The molecule has 1 fully saturated rings. The van der Waals surface area contributed by atoms with Gasteiger partial charge in [0.1, 0.15) is 12.4 Å². The number of hydrogen-bond acceptors (Lipinski definition) is 4. The normalized spacial score (nSPS) is 17.2. The van der Waals surface area contributed by atoms with Crippen LogP contribution in [-0.4, -0.2) is 56.1 Å². The molecule has 2 aromatic rings. The third-order valence-electron chi connectivity index (χ3n) is 6.50. The minimum atomic E-state index is -0.336. The third kappa shape index (κ3) is 7.48. The Morgan fingerprint density at radius 1 is 1.06 bits per heavy atom. The zero-order valence-electron chi connectivity index (χ0n) is 19.6. The average molecular weight is 427 g/mol. The van der Waals surface area contributed by atoms with E-state index >= 15 is 0 Å². The lowest BCUT2D eigenvalue weighted by Gasteiger charge is -2.29. The van der Waals surface area contributed by atoms with Crippen LogP contribution >= 0.6 is 0 Å². The number of fused-ring (bicyclic) bond motifs is 1. The molecule has 0 saturated carbocycles. The molecule has 0 amide bonds. The first-order valence-electron chi connectivity index (χ1n) is 11.9. The van der Waals surface area contributed by atoms with E-state index in [-0.39, 0.29) is 6.10 Å². The number of benzene rings is 2. The van der Waals surface area contributed by atoms with Crippen molar-refractivity contribution in [3.05, 3.63) is 48.4 Å². The Bertz CT molecular complexity index is 785. The van der Waals surface area contributed by atoms with Gasteiger partial charge in [-0.2, -0.15) is 0 Å². The van der Waals surface area contributed by atoms with Crippen molar-refractivity contribution in [3.63, 3.8) is 0 Å². The summed E-state index contributed by atoms with van der Waals surface area (Å²) in [6, 6.07) is 12.9. The van der Waals surface area contributed by atoms with Crippen LogP contribution in [0.3, 0.4) is 0 Å². The highest BCUT2D eigenvalue weighted by Crippen LogP contribution is 2.29. The minimum Gasteiger partial charge on any atom is -0.491 e. The number of β-amino-alcohol motifs (C(OH)–C–C–N with tert-alkyl or cyclic N) is 1. The molecule has 1 heterocycles. The first-order chi connectivity index (χ1) is 15.1. The molecule has 0 aromatic heterocycles. The molecule has 4 heteroatoms. The van der Waals surface area contributed by atoms with Crippen LogP contribution < -0.4 is 4.74 Å². The average Bonchev–Trinajstić information content (AvgIpc) is 2.77. The molecule has 4 nitrogen and oxygen atoms in total. The summed E-state index contributed by atoms with van der Waals surface area (Å²) in [5.74, 6) is 1.98. The van der Waals surface area contributed by atoms with Gasteiger partial charge in [0.15, 0.2) is 0 Å². The number of piperidine rings is 1. The first-order valence-corrected chi connectivity index (χ1v) is 11.9. The van der Waals surface area contributed by atoms with E-state index in [1.54, 1.807) is 7.11 Å². The summed E-state index contributed by atoms with van der Waals surface area (Å²) in [6.45, 7) is 8.75. The summed E-state index contributed by atoms with van der Waals surface area (Å²) in [4.78, 5) is 2.41. The maximum Gasteiger partial charge on any atom is 0.127 e. The van der Waals surface area contributed by atoms with Gasteiger partial charge in [0, 0.05) is 19.0 Å². The fourth-order valence-electron chi connectivity index (χ4n) is 4.49. The molecule has 31 heavy (non-hydrogen) atoms. The van der Waals surface area contributed by atoms with Crippen LogP contribution in [0.25, 0.3) is 10.8 Å².